The summed E-state index contributed by atoms with van der Waals surface area (Å²) >= 11 is 0. The van der Waals surface area contributed by atoms with Crippen molar-refractivity contribution in [2.75, 3.05) is 0 Å². The zero-order chi connectivity index (χ0) is 12.3. The average molecular weight is 235 g/mol. The number of hydrogen-bond acceptors (Lipinski definition) is 4. The van der Waals surface area contributed by atoms with Gasteiger partial charge in [0.2, 0.25) is 0 Å². The Labute approximate surface area is 99.9 Å². The van der Waals surface area contributed by atoms with Gasteiger partial charge in [-0.05, 0) is 6.42 Å². The first-order valence-electron chi connectivity index (χ1n) is 5.74. The molecular formula is C11H17N5O. The monoisotopic (exact) mass is 235 g/mol. The molecule has 2 aromatic rings. The van der Waals surface area contributed by atoms with Crippen LogP contribution < -0.4 is 0 Å². The van der Waals surface area contributed by atoms with Crippen molar-refractivity contribution in [3.05, 3.63) is 30.1 Å². The van der Waals surface area contributed by atoms with Crippen molar-refractivity contribution < 1.29 is 5.11 Å². The quantitative estimate of drug-likeness (QED) is 0.828. The van der Waals surface area contributed by atoms with Crippen molar-refractivity contribution >= 4 is 0 Å². The highest BCUT2D eigenvalue weighted by molar-refractivity contribution is 5.07. The molecule has 2 heterocycles. The number of imidazole rings is 1. The van der Waals surface area contributed by atoms with E-state index in [0.717, 1.165) is 24.4 Å². The molecule has 0 saturated heterocycles. The van der Waals surface area contributed by atoms with Gasteiger partial charge >= 0.3 is 0 Å². The van der Waals surface area contributed by atoms with E-state index in [-0.39, 0.29) is 0 Å². The molecule has 0 aromatic carbocycles. The van der Waals surface area contributed by atoms with Crippen molar-refractivity contribution in [2.24, 2.45) is 7.05 Å². The maximum absolute atomic E-state index is 10.1. The second kappa shape index (κ2) is 5.09. The molecule has 2 aromatic heterocycles. The summed E-state index contributed by atoms with van der Waals surface area (Å²) in [6, 6.07) is 0. The summed E-state index contributed by atoms with van der Waals surface area (Å²) in [5.74, 6) is 0. The fourth-order valence-corrected chi connectivity index (χ4v) is 1.83. The topological polar surface area (TPSA) is 68.8 Å². The highest BCUT2D eigenvalue weighted by atomic mass is 16.3. The number of aryl methyl sites for hydroxylation is 2. The van der Waals surface area contributed by atoms with Gasteiger partial charge < -0.3 is 9.67 Å². The van der Waals surface area contributed by atoms with Crippen LogP contribution in [0.5, 0.6) is 0 Å². The molecule has 6 nitrogen and oxygen atoms in total. The summed E-state index contributed by atoms with van der Waals surface area (Å²) < 4.78 is 3.60. The molecule has 17 heavy (non-hydrogen) atoms. The highest BCUT2D eigenvalue weighted by Gasteiger charge is 2.14. The van der Waals surface area contributed by atoms with E-state index in [2.05, 4.69) is 22.2 Å². The third-order valence-electron chi connectivity index (χ3n) is 2.60. The first-order valence-corrected chi connectivity index (χ1v) is 5.74. The third kappa shape index (κ3) is 2.71. The van der Waals surface area contributed by atoms with E-state index in [9.17, 15) is 5.11 Å². The van der Waals surface area contributed by atoms with E-state index < -0.39 is 6.10 Å². The third-order valence-corrected chi connectivity index (χ3v) is 2.60. The Bertz CT molecular complexity index is 476. The van der Waals surface area contributed by atoms with Gasteiger partial charge in [-0.25, -0.2) is 4.98 Å². The minimum atomic E-state index is -0.583. The van der Waals surface area contributed by atoms with E-state index in [4.69, 9.17) is 0 Å². The average Bonchev–Trinajstić information content (AvgIpc) is 2.88. The molecule has 0 spiro atoms. The maximum Gasteiger partial charge on any atom is 0.101 e. The van der Waals surface area contributed by atoms with Crippen LogP contribution in [0.4, 0.5) is 0 Å². The Hall–Kier alpha value is -1.69. The molecule has 0 aliphatic rings. The van der Waals surface area contributed by atoms with Crippen LogP contribution in [0, 0.1) is 0 Å². The number of aromatic nitrogens is 5. The highest BCUT2D eigenvalue weighted by Crippen LogP contribution is 2.16. The first kappa shape index (κ1) is 11.8. The summed E-state index contributed by atoms with van der Waals surface area (Å²) in [6.07, 6.45) is 6.16. The lowest BCUT2D eigenvalue weighted by Gasteiger charge is -2.11. The van der Waals surface area contributed by atoms with Crippen molar-refractivity contribution in [2.45, 2.75) is 32.4 Å². The Morgan fingerprint density at radius 3 is 2.94 bits per heavy atom. The molecule has 0 bridgehead atoms. The molecule has 0 amide bonds. The fourth-order valence-electron chi connectivity index (χ4n) is 1.83. The van der Waals surface area contributed by atoms with Crippen molar-refractivity contribution in [3.8, 4) is 0 Å². The molecule has 0 saturated carbocycles. The van der Waals surface area contributed by atoms with E-state index in [1.165, 1.54) is 0 Å². The van der Waals surface area contributed by atoms with E-state index in [1.54, 1.807) is 17.2 Å². The van der Waals surface area contributed by atoms with Crippen molar-refractivity contribution in [1.29, 1.82) is 0 Å². The van der Waals surface area contributed by atoms with E-state index in [1.807, 2.05) is 17.8 Å². The summed E-state index contributed by atoms with van der Waals surface area (Å²) in [5.41, 5.74) is 1.61. The minimum absolute atomic E-state index is 0.462. The normalized spacial score (nSPS) is 12.9. The number of aliphatic hydroxyl groups is 1. The molecule has 0 aliphatic heterocycles. The van der Waals surface area contributed by atoms with Crippen LogP contribution in [-0.4, -0.2) is 29.7 Å². The SMILES string of the molecule is CCCn1cncc1C(O)Cc1cn(C)nn1. The summed E-state index contributed by atoms with van der Waals surface area (Å²) in [4.78, 5) is 4.07. The van der Waals surface area contributed by atoms with Crippen LogP contribution in [0.25, 0.3) is 0 Å². The second-order valence-corrected chi connectivity index (χ2v) is 4.12. The lowest BCUT2D eigenvalue weighted by Crippen LogP contribution is -2.09. The van der Waals surface area contributed by atoms with Gasteiger partial charge in [0.1, 0.15) is 6.10 Å². The Morgan fingerprint density at radius 1 is 1.47 bits per heavy atom. The van der Waals surface area contributed by atoms with Crippen LogP contribution >= 0.6 is 0 Å². The van der Waals surface area contributed by atoms with Crippen molar-refractivity contribution in [1.82, 2.24) is 24.5 Å². The maximum atomic E-state index is 10.1. The smallest absolute Gasteiger partial charge is 0.101 e. The molecule has 6 heteroatoms. The van der Waals surface area contributed by atoms with Crippen molar-refractivity contribution in [3.63, 3.8) is 0 Å². The van der Waals surface area contributed by atoms with Gasteiger partial charge in [0.05, 0.1) is 23.9 Å². The van der Waals surface area contributed by atoms with Crippen LogP contribution in [0.2, 0.25) is 0 Å². The molecule has 0 radical (unpaired) electrons. The fraction of sp³-hybridized carbons (Fsp3) is 0.545. The molecule has 0 fully saturated rings. The predicted molar refractivity (Wildman–Crippen MR) is 62.2 cm³/mol. The second-order valence-electron chi connectivity index (χ2n) is 4.12. The minimum Gasteiger partial charge on any atom is -0.386 e. The van der Waals surface area contributed by atoms with Gasteiger partial charge in [0.25, 0.3) is 0 Å². The predicted octanol–water partition coefficient (Wildman–Crippen LogP) is 0.698. The van der Waals surface area contributed by atoms with Crippen LogP contribution in [0.1, 0.15) is 30.8 Å². The molecule has 1 unspecified atom stereocenters. The zero-order valence-electron chi connectivity index (χ0n) is 10.1. The molecular weight excluding hydrogens is 218 g/mol. The van der Waals surface area contributed by atoms with Gasteiger partial charge in [0.15, 0.2) is 0 Å². The molecule has 92 valence electrons. The molecule has 0 aliphatic carbocycles. The summed E-state index contributed by atoms with van der Waals surface area (Å²) in [5, 5.41) is 17.9. The number of aliphatic hydroxyl groups excluding tert-OH is 1. The lowest BCUT2D eigenvalue weighted by molar-refractivity contribution is 0.167. The number of rotatable bonds is 5. The first-order chi connectivity index (χ1) is 8.20. The number of hydrogen-bond donors (Lipinski definition) is 1. The van der Waals surface area contributed by atoms with Crippen LogP contribution in [0.15, 0.2) is 18.7 Å². The van der Waals surface area contributed by atoms with E-state index in [0.29, 0.717) is 6.42 Å². The number of nitrogens with zero attached hydrogens (tertiary/aromatic N) is 5. The van der Waals surface area contributed by atoms with Crippen LogP contribution in [-0.2, 0) is 20.0 Å². The van der Waals surface area contributed by atoms with Gasteiger partial charge in [-0.1, -0.05) is 12.1 Å². The van der Waals surface area contributed by atoms with E-state index >= 15 is 0 Å². The summed E-state index contributed by atoms with van der Waals surface area (Å²) in [7, 11) is 1.81. The van der Waals surface area contributed by atoms with Gasteiger partial charge in [-0.2, -0.15) is 0 Å². The largest absolute Gasteiger partial charge is 0.386 e. The van der Waals surface area contributed by atoms with Gasteiger partial charge in [-0.3, -0.25) is 4.68 Å². The Morgan fingerprint density at radius 2 is 2.29 bits per heavy atom. The van der Waals surface area contributed by atoms with Gasteiger partial charge in [0, 0.05) is 26.2 Å². The Balaban J connectivity index is 2.08. The molecule has 1 atom stereocenters. The Kier molecular flexibility index (Phi) is 3.53. The standard InChI is InChI=1S/C11H17N5O/c1-3-4-16-8-12-6-10(16)11(17)5-9-7-15(2)14-13-9/h6-8,11,17H,3-5H2,1-2H3. The summed E-state index contributed by atoms with van der Waals surface area (Å²) in [6.45, 7) is 2.96. The molecule has 2 rings (SSSR count). The molecule has 1 N–H and O–H groups in total. The van der Waals surface area contributed by atoms with Crippen LogP contribution in [0.3, 0.4) is 0 Å². The lowest BCUT2D eigenvalue weighted by atomic mass is 10.1. The van der Waals surface area contributed by atoms with Gasteiger partial charge in [-0.15, -0.1) is 5.10 Å². The zero-order valence-corrected chi connectivity index (χ0v) is 10.1.